The zero-order chi connectivity index (χ0) is 14.0. The molecule has 0 bridgehead atoms. The van der Waals surface area contributed by atoms with Crippen LogP contribution < -0.4 is 10.6 Å². The lowest BCUT2D eigenvalue weighted by atomic mass is 10.2. The molecule has 1 aromatic rings. The standard InChI is InChI=1S/C12H16N4O3/c1-9(17)14-4-6-15(7-5-14)11-3-2-10(13)8-12(11)16(18)19/h2-3,8H,4-7,13H2,1H3. The summed E-state index contributed by atoms with van der Waals surface area (Å²) in [6, 6.07) is 4.68. The first-order valence-corrected chi connectivity index (χ1v) is 6.03. The van der Waals surface area contributed by atoms with Crippen molar-refractivity contribution in [1.29, 1.82) is 0 Å². The number of hydrogen-bond donors (Lipinski definition) is 1. The molecule has 0 aromatic heterocycles. The molecule has 2 rings (SSSR count). The number of nitro benzene ring substituents is 1. The third kappa shape index (κ3) is 2.75. The van der Waals surface area contributed by atoms with Crippen molar-refractivity contribution >= 4 is 23.0 Å². The van der Waals surface area contributed by atoms with E-state index in [-0.39, 0.29) is 11.6 Å². The van der Waals surface area contributed by atoms with Gasteiger partial charge in [0.1, 0.15) is 5.69 Å². The average Bonchev–Trinajstić information content (AvgIpc) is 2.38. The number of carbonyl (C=O) groups is 1. The molecule has 0 radical (unpaired) electrons. The molecule has 1 amide bonds. The first-order valence-electron chi connectivity index (χ1n) is 6.03. The van der Waals surface area contributed by atoms with Gasteiger partial charge in [-0.05, 0) is 12.1 Å². The highest BCUT2D eigenvalue weighted by molar-refractivity contribution is 5.74. The number of anilines is 2. The Morgan fingerprint density at radius 2 is 1.95 bits per heavy atom. The number of rotatable bonds is 2. The topological polar surface area (TPSA) is 92.7 Å². The minimum absolute atomic E-state index is 0.0104. The average molecular weight is 264 g/mol. The number of amides is 1. The predicted molar refractivity (Wildman–Crippen MR) is 72.0 cm³/mol. The lowest BCUT2D eigenvalue weighted by Crippen LogP contribution is -2.48. The molecule has 0 aliphatic carbocycles. The number of nitrogens with two attached hydrogens (primary N) is 1. The van der Waals surface area contributed by atoms with Crippen molar-refractivity contribution in [2.45, 2.75) is 6.92 Å². The van der Waals surface area contributed by atoms with Gasteiger partial charge in [0.05, 0.1) is 4.92 Å². The van der Waals surface area contributed by atoms with E-state index >= 15 is 0 Å². The van der Waals surface area contributed by atoms with Crippen molar-refractivity contribution in [1.82, 2.24) is 4.90 Å². The van der Waals surface area contributed by atoms with Crippen molar-refractivity contribution in [3.8, 4) is 0 Å². The number of benzene rings is 1. The zero-order valence-corrected chi connectivity index (χ0v) is 10.7. The molecule has 7 nitrogen and oxygen atoms in total. The molecule has 1 aliphatic rings. The van der Waals surface area contributed by atoms with E-state index < -0.39 is 4.92 Å². The van der Waals surface area contributed by atoms with Crippen LogP contribution in [0, 0.1) is 10.1 Å². The first-order chi connectivity index (χ1) is 8.99. The molecule has 1 saturated heterocycles. The summed E-state index contributed by atoms with van der Waals surface area (Å²) in [6.45, 7) is 3.86. The number of carbonyl (C=O) groups excluding carboxylic acids is 1. The summed E-state index contributed by atoms with van der Waals surface area (Å²) >= 11 is 0. The second-order valence-corrected chi connectivity index (χ2v) is 4.50. The largest absolute Gasteiger partial charge is 0.399 e. The van der Waals surface area contributed by atoms with Crippen LogP contribution in [-0.4, -0.2) is 41.9 Å². The SMILES string of the molecule is CC(=O)N1CCN(c2ccc(N)cc2[N+](=O)[O-])CC1. The predicted octanol–water partition coefficient (Wildman–Crippen LogP) is 0.846. The van der Waals surface area contributed by atoms with Gasteiger partial charge in [-0.2, -0.15) is 0 Å². The van der Waals surface area contributed by atoms with Crippen LogP contribution in [0.25, 0.3) is 0 Å². The minimum Gasteiger partial charge on any atom is -0.399 e. The smallest absolute Gasteiger partial charge is 0.294 e. The molecule has 0 atom stereocenters. The van der Waals surface area contributed by atoms with Gasteiger partial charge < -0.3 is 15.5 Å². The molecule has 7 heteroatoms. The zero-order valence-electron chi connectivity index (χ0n) is 10.7. The fourth-order valence-electron chi connectivity index (χ4n) is 2.22. The van der Waals surface area contributed by atoms with Gasteiger partial charge in [0.25, 0.3) is 5.69 Å². The van der Waals surface area contributed by atoms with Crippen LogP contribution in [0.5, 0.6) is 0 Å². The fourth-order valence-corrected chi connectivity index (χ4v) is 2.22. The lowest BCUT2D eigenvalue weighted by molar-refractivity contribution is -0.384. The molecule has 102 valence electrons. The van der Waals surface area contributed by atoms with Gasteiger partial charge >= 0.3 is 0 Å². The van der Waals surface area contributed by atoms with Crippen molar-refractivity contribution in [3.05, 3.63) is 28.3 Å². The second-order valence-electron chi connectivity index (χ2n) is 4.50. The van der Waals surface area contributed by atoms with Gasteiger partial charge in [0.15, 0.2) is 0 Å². The van der Waals surface area contributed by atoms with Crippen molar-refractivity contribution in [2.24, 2.45) is 0 Å². The minimum atomic E-state index is -0.428. The summed E-state index contributed by atoms with van der Waals surface area (Å²) in [5, 5.41) is 11.0. The second kappa shape index (κ2) is 5.13. The van der Waals surface area contributed by atoms with E-state index in [1.54, 1.807) is 17.0 Å². The van der Waals surface area contributed by atoms with E-state index in [1.165, 1.54) is 13.0 Å². The summed E-state index contributed by atoms with van der Waals surface area (Å²) < 4.78 is 0. The Morgan fingerprint density at radius 1 is 1.32 bits per heavy atom. The van der Waals surface area contributed by atoms with Gasteiger partial charge in [-0.3, -0.25) is 14.9 Å². The van der Waals surface area contributed by atoms with Crippen LogP contribution in [0.3, 0.4) is 0 Å². The van der Waals surface area contributed by atoms with E-state index in [0.29, 0.717) is 37.6 Å². The van der Waals surface area contributed by atoms with Gasteiger partial charge in [-0.1, -0.05) is 0 Å². The highest BCUT2D eigenvalue weighted by Crippen LogP contribution is 2.30. The Labute approximate surface area is 110 Å². The van der Waals surface area contributed by atoms with Crippen molar-refractivity contribution in [2.75, 3.05) is 36.8 Å². The van der Waals surface area contributed by atoms with E-state index in [4.69, 9.17) is 5.73 Å². The van der Waals surface area contributed by atoms with Gasteiger partial charge in [0.2, 0.25) is 5.91 Å². The maximum absolute atomic E-state index is 11.2. The highest BCUT2D eigenvalue weighted by atomic mass is 16.6. The van der Waals surface area contributed by atoms with E-state index in [0.717, 1.165) is 0 Å². The van der Waals surface area contributed by atoms with Crippen molar-refractivity contribution in [3.63, 3.8) is 0 Å². The quantitative estimate of drug-likeness (QED) is 0.485. The summed E-state index contributed by atoms with van der Waals surface area (Å²) in [5.74, 6) is 0.0338. The molecule has 0 saturated carbocycles. The molecule has 1 aliphatic heterocycles. The molecule has 1 fully saturated rings. The maximum atomic E-state index is 11.2. The third-order valence-corrected chi connectivity index (χ3v) is 3.26. The molecule has 1 aromatic carbocycles. The first kappa shape index (κ1) is 13.1. The Balaban J connectivity index is 2.20. The Bertz CT molecular complexity index is 510. The number of nitro groups is 1. The van der Waals surface area contributed by atoms with Crippen LogP contribution in [0.1, 0.15) is 6.92 Å². The van der Waals surface area contributed by atoms with E-state index in [2.05, 4.69) is 0 Å². The van der Waals surface area contributed by atoms with Gasteiger partial charge in [-0.25, -0.2) is 0 Å². The number of piperazine rings is 1. The molecule has 2 N–H and O–H groups in total. The summed E-state index contributed by atoms with van der Waals surface area (Å²) in [6.07, 6.45) is 0. The van der Waals surface area contributed by atoms with Crippen LogP contribution in [0.2, 0.25) is 0 Å². The van der Waals surface area contributed by atoms with Gasteiger partial charge in [0, 0.05) is 44.9 Å². The summed E-state index contributed by atoms with van der Waals surface area (Å²) in [7, 11) is 0. The maximum Gasteiger partial charge on any atom is 0.294 e. The Morgan fingerprint density at radius 3 is 2.47 bits per heavy atom. The highest BCUT2D eigenvalue weighted by Gasteiger charge is 2.24. The number of hydrogen-bond acceptors (Lipinski definition) is 5. The third-order valence-electron chi connectivity index (χ3n) is 3.26. The molecular formula is C12H16N4O3. The Kier molecular flexibility index (Phi) is 3.55. The van der Waals surface area contributed by atoms with Crippen LogP contribution >= 0.6 is 0 Å². The van der Waals surface area contributed by atoms with Crippen LogP contribution in [-0.2, 0) is 4.79 Å². The van der Waals surface area contributed by atoms with Crippen molar-refractivity contribution < 1.29 is 9.72 Å². The Hall–Kier alpha value is -2.31. The molecule has 0 unspecified atom stereocenters. The molecular weight excluding hydrogens is 248 g/mol. The van der Waals surface area contributed by atoms with E-state index in [1.807, 2.05) is 4.90 Å². The fraction of sp³-hybridized carbons (Fsp3) is 0.417. The molecule has 1 heterocycles. The molecule has 19 heavy (non-hydrogen) atoms. The van der Waals surface area contributed by atoms with E-state index in [9.17, 15) is 14.9 Å². The van der Waals surface area contributed by atoms with Crippen LogP contribution in [0.4, 0.5) is 17.1 Å². The molecule has 0 spiro atoms. The normalized spacial score (nSPS) is 15.4. The lowest BCUT2D eigenvalue weighted by Gasteiger charge is -2.35. The number of nitrogen functional groups attached to an aromatic ring is 1. The number of nitrogens with zero attached hydrogens (tertiary/aromatic N) is 3. The summed E-state index contributed by atoms with van der Waals surface area (Å²) in [4.78, 5) is 25.5. The van der Waals surface area contributed by atoms with Crippen LogP contribution in [0.15, 0.2) is 18.2 Å². The summed E-state index contributed by atoms with van der Waals surface area (Å²) in [5.41, 5.74) is 6.52. The van der Waals surface area contributed by atoms with Gasteiger partial charge in [-0.15, -0.1) is 0 Å². The monoisotopic (exact) mass is 264 g/mol.